The Morgan fingerprint density at radius 3 is 2.29 bits per heavy atom. The quantitative estimate of drug-likeness (QED) is 0.705. The van der Waals surface area contributed by atoms with E-state index in [-0.39, 0.29) is 5.60 Å². The van der Waals surface area contributed by atoms with Crippen molar-refractivity contribution in [2.75, 3.05) is 7.11 Å². The van der Waals surface area contributed by atoms with E-state index in [9.17, 15) is 0 Å². The standard InChI is InChI=1S/C16H20O/c1-3-11-16(17-2)12-9-15(10-13-16)14-7-5-4-6-8-14/h4-10,12-13,15H,3,11H2,1-2H3. The predicted octanol–water partition coefficient (Wildman–Crippen LogP) is 4.08. The van der Waals surface area contributed by atoms with Crippen LogP contribution in [0.15, 0.2) is 54.6 Å². The molecule has 2 rings (SSSR count). The van der Waals surface area contributed by atoms with E-state index in [0.29, 0.717) is 5.92 Å². The average molecular weight is 228 g/mol. The van der Waals surface area contributed by atoms with Crippen molar-refractivity contribution in [1.29, 1.82) is 0 Å². The Kier molecular flexibility index (Phi) is 3.80. The zero-order chi connectivity index (χ0) is 12.1. The molecule has 0 fully saturated rings. The van der Waals surface area contributed by atoms with Gasteiger partial charge in [0.05, 0.1) is 0 Å². The molecular formula is C16H20O. The predicted molar refractivity (Wildman–Crippen MR) is 72.1 cm³/mol. The van der Waals surface area contributed by atoms with Crippen LogP contribution in [-0.2, 0) is 4.74 Å². The van der Waals surface area contributed by atoms with Gasteiger partial charge in [0.15, 0.2) is 0 Å². The van der Waals surface area contributed by atoms with Crippen molar-refractivity contribution < 1.29 is 4.74 Å². The minimum absolute atomic E-state index is 0.181. The van der Waals surface area contributed by atoms with Gasteiger partial charge in [-0.05, 0) is 12.0 Å². The fourth-order valence-corrected chi connectivity index (χ4v) is 2.35. The van der Waals surface area contributed by atoms with E-state index >= 15 is 0 Å². The lowest BCUT2D eigenvalue weighted by Gasteiger charge is -2.29. The van der Waals surface area contributed by atoms with E-state index < -0.39 is 0 Å². The fourth-order valence-electron chi connectivity index (χ4n) is 2.35. The second-order valence-electron chi connectivity index (χ2n) is 4.56. The molecule has 1 aliphatic rings. The van der Waals surface area contributed by atoms with Gasteiger partial charge in [0.1, 0.15) is 5.60 Å². The molecule has 1 heteroatoms. The zero-order valence-corrected chi connectivity index (χ0v) is 10.6. The fraction of sp³-hybridized carbons (Fsp3) is 0.375. The smallest absolute Gasteiger partial charge is 0.104 e. The summed E-state index contributed by atoms with van der Waals surface area (Å²) >= 11 is 0. The van der Waals surface area contributed by atoms with Crippen LogP contribution in [0, 0.1) is 0 Å². The Labute approximate surface area is 104 Å². The maximum Gasteiger partial charge on any atom is 0.104 e. The number of rotatable bonds is 4. The first kappa shape index (κ1) is 12.1. The number of benzene rings is 1. The summed E-state index contributed by atoms with van der Waals surface area (Å²) in [5, 5.41) is 0. The number of hydrogen-bond acceptors (Lipinski definition) is 1. The Morgan fingerprint density at radius 1 is 1.12 bits per heavy atom. The number of methoxy groups -OCH3 is 1. The van der Waals surface area contributed by atoms with Gasteiger partial charge in [-0.2, -0.15) is 0 Å². The average Bonchev–Trinajstić information content (AvgIpc) is 2.41. The summed E-state index contributed by atoms with van der Waals surface area (Å²) in [5.41, 5.74) is 1.15. The lowest BCUT2D eigenvalue weighted by Crippen LogP contribution is -2.28. The molecule has 0 radical (unpaired) electrons. The zero-order valence-electron chi connectivity index (χ0n) is 10.6. The lowest BCUT2D eigenvalue weighted by atomic mass is 9.86. The van der Waals surface area contributed by atoms with Crippen LogP contribution >= 0.6 is 0 Å². The second kappa shape index (κ2) is 5.33. The van der Waals surface area contributed by atoms with Gasteiger partial charge < -0.3 is 4.74 Å². The molecule has 0 bridgehead atoms. The summed E-state index contributed by atoms with van der Waals surface area (Å²) in [7, 11) is 1.78. The van der Waals surface area contributed by atoms with Gasteiger partial charge >= 0.3 is 0 Å². The molecule has 0 amide bonds. The largest absolute Gasteiger partial charge is 0.370 e. The normalized spacial score (nSPS) is 27.3. The van der Waals surface area contributed by atoms with Crippen LogP contribution in [0.1, 0.15) is 31.2 Å². The first-order chi connectivity index (χ1) is 8.29. The Hall–Kier alpha value is -1.34. The maximum atomic E-state index is 5.63. The number of allylic oxidation sites excluding steroid dienone is 2. The molecule has 1 nitrogen and oxygen atoms in total. The third kappa shape index (κ3) is 2.67. The molecule has 0 aliphatic heterocycles. The molecule has 0 spiro atoms. The van der Waals surface area contributed by atoms with Gasteiger partial charge in [0.2, 0.25) is 0 Å². The third-order valence-electron chi connectivity index (χ3n) is 3.38. The lowest BCUT2D eigenvalue weighted by molar-refractivity contribution is 0.0644. The summed E-state index contributed by atoms with van der Waals surface area (Å²) in [6.45, 7) is 2.19. The van der Waals surface area contributed by atoms with E-state index in [1.54, 1.807) is 7.11 Å². The van der Waals surface area contributed by atoms with Crippen molar-refractivity contribution in [1.82, 2.24) is 0 Å². The maximum absolute atomic E-state index is 5.63. The van der Waals surface area contributed by atoms with Crippen LogP contribution < -0.4 is 0 Å². The van der Waals surface area contributed by atoms with E-state index in [0.717, 1.165) is 12.8 Å². The summed E-state index contributed by atoms with van der Waals surface area (Å²) in [5.74, 6) is 0.385. The summed E-state index contributed by atoms with van der Waals surface area (Å²) in [6.07, 6.45) is 11.1. The molecule has 0 saturated carbocycles. The Balaban J connectivity index is 2.15. The van der Waals surface area contributed by atoms with Gasteiger partial charge in [-0.3, -0.25) is 0 Å². The minimum Gasteiger partial charge on any atom is -0.370 e. The van der Waals surface area contributed by atoms with Crippen LogP contribution in [0.5, 0.6) is 0 Å². The highest BCUT2D eigenvalue weighted by Gasteiger charge is 2.25. The third-order valence-corrected chi connectivity index (χ3v) is 3.38. The molecule has 0 atom stereocenters. The van der Waals surface area contributed by atoms with Crippen LogP contribution in [0.4, 0.5) is 0 Å². The topological polar surface area (TPSA) is 9.23 Å². The summed E-state index contributed by atoms with van der Waals surface area (Å²) < 4.78 is 5.63. The molecular weight excluding hydrogens is 208 g/mol. The molecule has 1 aromatic carbocycles. The monoisotopic (exact) mass is 228 g/mol. The van der Waals surface area contributed by atoms with Gasteiger partial charge in [-0.15, -0.1) is 0 Å². The first-order valence-electron chi connectivity index (χ1n) is 6.28. The van der Waals surface area contributed by atoms with Crippen molar-refractivity contribution in [3.8, 4) is 0 Å². The molecule has 0 saturated heterocycles. The minimum atomic E-state index is -0.181. The molecule has 1 aromatic rings. The van der Waals surface area contributed by atoms with Crippen molar-refractivity contribution in [2.45, 2.75) is 31.3 Å². The van der Waals surface area contributed by atoms with Gasteiger partial charge in [-0.25, -0.2) is 0 Å². The number of ether oxygens (including phenoxy) is 1. The highest BCUT2D eigenvalue weighted by molar-refractivity contribution is 5.35. The van der Waals surface area contributed by atoms with Gasteiger partial charge in [0.25, 0.3) is 0 Å². The number of hydrogen-bond donors (Lipinski definition) is 0. The highest BCUT2D eigenvalue weighted by Crippen LogP contribution is 2.31. The summed E-state index contributed by atoms with van der Waals surface area (Å²) in [4.78, 5) is 0. The van der Waals surface area contributed by atoms with Crippen LogP contribution in [0.2, 0.25) is 0 Å². The van der Waals surface area contributed by atoms with Gasteiger partial charge in [0, 0.05) is 13.0 Å². The van der Waals surface area contributed by atoms with Crippen molar-refractivity contribution in [3.05, 3.63) is 60.2 Å². The van der Waals surface area contributed by atoms with Gasteiger partial charge in [-0.1, -0.05) is 68.0 Å². The highest BCUT2D eigenvalue weighted by atomic mass is 16.5. The molecule has 0 heterocycles. The molecule has 17 heavy (non-hydrogen) atoms. The SMILES string of the molecule is CCCC1(OC)C=CC(c2ccccc2)C=C1. The molecule has 0 N–H and O–H groups in total. The van der Waals surface area contributed by atoms with E-state index in [1.165, 1.54) is 5.56 Å². The van der Waals surface area contributed by atoms with E-state index in [2.05, 4.69) is 61.6 Å². The van der Waals surface area contributed by atoms with E-state index in [4.69, 9.17) is 4.74 Å². The van der Waals surface area contributed by atoms with Crippen LogP contribution in [-0.4, -0.2) is 12.7 Å². The Morgan fingerprint density at radius 2 is 1.76 bits per heavy atom. The molecule has 1 aliphatic carbocycles. The van der Waals surface area contributed by atoms with Crippen molar-refractivity contribution >= 4 is 0 Å². The van der Waals surface area contributed by atoms with E-state index in [1.807, 2.05) is 0 Å². The van der Waals surface area contributed by atoms with Crippen LogP contribution in [0.3, 0.4) is 0 Å². The molecule has 0 unspecified atom stereocenters. The summed E-state index contributed by atoms with van der Waals surface area (Å²) in [6, 6.07) is 10.6. The Bertz CT molecular complexity index is 389. The molecule has 90 valence electrons. The van der Waals surface area contributed by atoms with Crippen molar-refractivity contribution in [3.63, 3.8) is 0 Å². The van der Waals surface area contributed by atoms with Crippen LogP contribution in [0.25, 0.3) is 0 Å². The second-order valence-corrected chi connectivity index (χ2v) is 4.56. The molecule has 0 aromatic heterocycles. The first-order valence-corrected chi connectivity index (χ1v) is 6.28. The van der Waals surface area contributed by atoms with Crippen molar-refractivity contribution in [2.24, 2.45) is 0 Å².